The number of para-hydroxylation sites is 1. The summed E-state index contributed by atoms with van der Waals surface area (Å²) in [6.07, 6.45) is 5.28. The third-order valence-electron chi connectivity index (χ3n) is 6.04. The number of quaternary nitrogens is 1. The Morgan fingerprint density at radius 3 is 2.63 bits per heavy atom. The number of aromatic nitrogens is 1. The quantitative estimate of drug-likeness (QED) is 0.610. The first kappa shape index (κ1) is 18.4. The Bertz CT molecular complexity index is 785. The first-order valence-electron chi connectivity index (χ1n) is 10.1. The molecule has 1 unspecified atom stereocenters. The van der Waals surface area contributed by atoms with E-state index in [1.165, 1.54) is 6.42 Å². The van der Waals surface area contributed by atoms with Crippen LogP contribution < -0.4 is 0 Å². The van der Waals surface area contributed by atoms with E-state index >= 15 is 0 Å². The van der Waals surface area contributed by atoms with E-state index in [-0.39, 0.29) is 12.1 Å². The van der Waals surface area contributed by atoms with Crippen LogP contribution in [0.4, 0.5) is 0 Å². The van der Waals surface area contributed by atoms with Gasteiger partial charge in [-0.3, -0.25) is 4.90 Å². The lowest BCUT2D eigenvalue weighted by molar-refractivity contribution is -0.896. The number of rotatable bonds is 4. The van der Waals surface area contributed by atoms with Gasteiger partial charge in [-0.05, 0) is 38.1 Å². The second-order valence-electron chi connectivity index (χ2n) is 8.58. The fraction of sp³-hybridized carbons (Fsp3) is 0.619. The summed E-state index contributed by atoms with van der Waals surface area (Å²) in [6, 6.07) is 7.28. The summed E-state index contributed by atoms with van der Waals surface area (Å²) in [5.41, 5.74) is 1.42. The molecule has 1 atom stereocenters. The van der Waals surface area contributed by atoms with E-state index < -0.39 is 6.04 Å². The van der Waals surface area contributed by atoms with E-state index in [1.54, 1.807) is 0 Å². The minimum Gasteiger partial charge on any atom is -0.460 e. The van der Waals surface area contributed by atoms with Crippen LogP contribution >= 0.6 is 0 Å². The summed E-state index contributed by atoms with van der Waals surface area (Å²) in [5, 5.41) is 5.20. The summed E-state index contributed by atoms with van der Waals surface area (Å²) >= 11 is 0. The molecule has 2 fully saturated rings. The number of piperidine rings is 2. The zero-order chi connectivity index (χ0) is 18.9. The van der Waals surface area contributed by atoms with Gasteiger partial charge in [-0.15, -0.1) is 0 Å². The second kappa shape index (κ2) is 7.60. The first-order chi connectivity index (χ1) is 13.0. The van der Waals surface area contributed by atoms with Gasteiger partial charge in [0.25, 0.3) is 0 Å². The zero-order valence-corrected chi connectivity index (χ0v) is 16.4. The highest BCUT2D eigenvalue weighted by Gasteiger charge is 2.37. The van der Waals surface area contributed by atoms with Crippen molar-refractivity contribution >= 4 is 16.9 Å². The van der Waals surface area contributed by atoms with Gasteiger partial charge in [0.05, 0.1) is 27.2 Å². The van der Waals surface area contributed by atoms with Crippen LogP contribution in [0.5, 0.6) is 0 Å². The van der Waals surface area contributed by atoms with Gasteiger partial charge in [0.15, 0.2) is 11.6 Å². The van der Waals surface area contributed by atoms with Gasteiger partial charge in [0, 0.05) is 18.2 Å². The molecule has 6 heteroatoms. The molecule has 0 radical (unpaired) electrons. The summed E-state index contributed by atoms with van der Waals surface area (Å²) in [6.45, 7) is 3.88. The van der Waals surface area contributed by atoms with Gasteiger partial charge < -0.3 is 13.7 Å². The Balaban J connectivity index is 1.57. The van der Waals surface area contributed by atoms with Crippen molar-refractivity contribution in [3.8, 4) is 0 Å². The van der Waals surface area contributed by atoms with E-state index in [9.17, 15) is 4.79 Å². The van der Waals surface area contributed by atoms with E-state index in [0.29, 0.717) is 5.69 Å². The second-order valence-corrected chi connectivity index (χ2v) is 8.58. The van der Waals surface area contributed by atoms with Crippen LogP contribution in [0.25, 0.3) is 11.0 Å². The molecule has 3 heterocycles. The lowest BCUT2D eigenvalue weighted by Gasteiger charge is -2.38. The molecule has 27 heavy (non-hydrogen) atoms. The van der Waals surface area contributed by atoms with E-state index in [2.05, 4.69) is 24.2 Å². The molecule has 4 rings (SSSR count). The lowest BCUT2D eigenvalue weighted by Crippen LogP contribution is -2.49. The number of carbonyl (C=O) groups is 1. The Hall–Kier alpha value is -1.92. The molecule has 1 aromatic carbocycles. The summed E-state index contributed by atoms with van der Waals surface area (Å²) in [7, 11) is 4.46. The van der Waals surface area contributed by atoms with Crippen molar-refractivity contribution in [3.63, 3.8) is 0 Å². The van der Waals surface area contributed by atoms with Gasteiger partial charge in [0.1, 0.15) is 11.8 Å². The Kier molecular flexibility index (Phi) is 5.19. The maximum atomic E-state index is 13.3. The van der Waals surface area contributed by atoms with Gasteiger partial charge >= 0.3 is 5.97 Å². The molecule has 2 aliphatic heterocycles. The third-order valence-corrected chi connectivity index (χ3v) is 6.04. The van der Waals surface area contributed by atoms with Gasteiger partial charge in [-0.25, -0.2) is 4.79 Å². The highest BCUT2D eigenvalue weighted by Crippen LogP contribution is 2.32. The van der Waals surface area contributed by atoms with Gasteiger partial charge in [-0.2, -0.15) is 0 Å². The highest BCUT2D eigenvalue weighted by molar-refractivity contribution is 5.87. The molecule has 6 nitrogen and oxygen atoms in total. The average Bonchev–Trinajstić information content (AvgIpc) is 3.09. The van der Waals surface area contributed by atoms with Crippen LogP contribution in [0.3, 0.4) is 0 Å². The molecule has 0 bridgehead atoms. The minimum absolute atomic E-state index is 0.00843. The highest BCUT2D eigenvalue weighted by atomic mass is 16.5. The van der Waals surface area contributed by atoms with Crippen molar-refractivity contribution in [1.82, 2.24) is 10.1 Å². The van der Waals surface area contributed by atoms with Crippen molar-refractivity contribution < 1.29 is 18.5 Å². The maximum absolute atomic E-state index is 13.3. The van der Waals surface area contributed by atoms with Crippen molar-refractivity contribution in [1.29, 1.82) is 0 Å². The van der Waals surface area contributed by atoms with Crippen LogP contribution in [0.15, 0.2) is 28.8 Å². The van der Waals surface area contributed by atoms with Crippen LogP contribution in [-0.2, 0) is 9.53 Å². The SMILES string of the molecule is C[N+]1(C)CCC(OC(=O)C(c2noc3ccccc23)N2CCCCC2)CC1. The molecule has 0 N–H and O–H groups in total. The fourth-order valence-corrected chi connectivity index (χ4v) is 4.30. The summed E-state index contributed by atoms with van der Waals surface area (Å²) in [4.78, 5) is 15.5. The van der Waals surface area contributed by atoms with Crippen LogP contribution in [0, 0.1) is 0 Å². The van der Waals surface area contributed by atoms with Gasteiger partial charge in [-0.1, -0.05) is 23.7 Å². The smallest absolute Gasteiger partial charge is 0.330 e. The van der Waals surface area contributed by atoms with Crippen molar-refractivity contribution in [2.45, 2.75) is 44.2 Å². The number of likely N-dealkylation sites (tertiary alicyclic amines) is 2. The zero-order valence-electron chi connectivity index (χ0n) is 16.4. The molecule has 0 amide bonds. The first-order valence-corrected chi connectivity index (χ1v) is 10.1. The van der Waals surface area contributed by atoms with E-state index in [1.807, 2.05) is 24.3 Å². The molecular weight excluding hydrogens is 342 g/mol. The van der Waals surface area contributed by atoms with Gasteiger partial charge in [0.2, 0.25) is 0 Å². The molecule has 2 aliphatic rings. The van der Waals surface area contributed by atoms with E-state index in [4.69, 9.17) is 9.26 Å². The van der Waals surface area contributed by atoms with E-state index in [0.717, 1.165) is 67.3 Å². The normalized spacial score (nSPS) is 22.6. The molecule has 0 saturated carbocycles. The number of fused-ring (bicyclic) bond motifs is 1. The number of esters is 1. The monoisotopic (exact) mass is 372 g/mol. The van der Waals surface area contributed by atoms with Crippen molar-refractivity contribution in [3.05, 3.63) is 30.0 Å². The largest absolute Gasteiger partial charge is 0.460 e. The summed E-state index contributed by atoms with van der Waals surface area (Å²) < 4.78 is 12.5. The molecule has 2 saturated heterocycles. The number of hydrogen-bond acceptors (Lipinski definition) is 5. The topological polar surface area (TPSA) is 55.6 Å². The van der Waals surface area contributed by atoms with Crippen molar-refractivity contribution in [2.24, 2.45) is 0 Å². The number of ether oxygens (including phenoxy) is 1. The summed E-state index contributed by atoms with van der Waals surface area (Å²) in [5.74, 6) is -0.173. The number of nitrogens with zero attached hydrogens (tertiary/aromatic N) is 3. The van der Waals surface area contributed by atoms with Crippen LogP contribution in [0.2, 0.25) is 0 Å². The molecule has 0 spiro atoms. The third kappa shape index (κ3) is 4.01. The standard InChI is InChI=1S/C21H30N3O3/c1-24(2)14-10-16(11-15-24)26-21(25)20(23-12-6-3-7-13-23)19-17-8-4-5-9-18(17)27-22-19/h4-5,8-9,16,20H,3,6-7,10-15H2,1-2H3/q+1. The molecule has 0 aliphatic carbocycles. The number of benzene rings is 1. The molecule has 146 valence electrons. The van der Waals surface area contributed by atoms with Crippen LogP contribution in [0.1, 0.15) is 43.8 Å². The van der Waals surface area contributed by atoms with Crippen molar-refractivity contribution in [2.75, 3.05) is 40.3 Å². The number of hydrogen-bond donors (Lipinski definition) is 0. The molecular formula is C21H30N3O3+. The lowest BCUT2D eigenvalue weighted by atomic mass is 10.0. The Morgan fingerprint density at radius 2 is 1.89 bits per heavy atom. The predicted molar refractivity (Wildman–Crippen MR) is 103 cm³/mol. The average molecular weight is 372 g/mol. The molecule has 2 aromatic rings. The van der Waals surface area contributed by atoms with Crippen LogP contribution in [-0.4, -0.2) is 66.9 Å². The predicted octanol–water partition coefficient (Wildman–Crippen LogP) is 3.14. The maximum Gasteiger partial charge on any atom is 0.330 e. The Labute approximate surface area is 160 Å². The molecule has 1 aromatic heterocycles. The Morgan fingerprint density at radius 1 is 1.19 bits per heavy atom. The fourth-order valence-electron chi connectivity index (χ4n) is 4.30. The minimum atomic E-state index is -0.474. The number of carbonyl (C=O) groups excluding carboxylic acids is 1.